The second kappa shape index (κ2) is 7.79. The molecular formula is C22H20N4O3S. The van der Waals surface area contributed by atoms with E-state index < -0.39 is 11.2 Å². The number of carboxylic acid groups (broad SMARTS) is 1. The Kier molecular flexibility index (Phi) is 5.17. The zero-order valence-electron chi connectivity index (χ0n) is 16.7. The summed E-state index contributed by atoms with van der Waals surface area (Å²) in [4.78, 5) is 23.8. The van der Waals surface area contributed by atoms with Gasteiger partial charge in [-0.2, -0.15) is 0 Å². The fourth-order valence-corrected chi connectivity index (χ4v) is 4.25. The van der Waals surface area contributed by atoms with Crippen LogP contribution in [-0.4, -0.2) is 36.8 Å². The fourth-order valence-electron chi connectivity index (χ4n) is 3.39. The smallest absolute Gasteiger partial charge is 0.335 e. The number of hydrogen-bond acceptors (Lipinski definition) is 5. The Morgan fingerprint density at radius 3 is 2.60 bits per heavy atom. The number of carbonyl (C=O) groups excluding carboxylic acids is 1. The average molecular weight is 420 g/mol. The van der Waals surface area contributed by atoms with Crippen LogP contribution < -0.4 is 5.32 Å². The number of nitrogens with zero attached hydrogens (tertiary/aromatic N) is 3. The molecule has 0 bridgehead atoms. The van der Waals surface area contributed by atoms with Gasteiger partial charge in [-0.1, -0.05) is 36.0 Å². The monoisotopic (exact) mass is 420 g/mol. The number of para-hydroxylation sites is 1. The van der Waals surface area contributed by atoms with Crippen molar-refractivity contribution in [1.29, 1.82) is 0 Å². The Hall–Kier alpha value is -3.39. The number of carboxylic acids is 1. The molecule has 4 aromatic rings. The average Bonchev–Trinajstić information content (AvgIpc) is 3.10. The number of thioether (sulfide) groups is 1. The summed E-state index contributed by atoms with van der Waals surface area (Å²) in [7, 11) is 0. The molecule has 0 saturated carbocycles. The van der Waals surface area contributed by atoms with Crippen molar-refractivity contribution in [2.45, 2.75) is 31.2 Å². The van der Waals surface area contributed by atoms with E-state index in [1.807, 2.05) is 36.4 Å². The lowest BCUT2D eigenvalue weighted by Crippen LogP contribution is -2.22. The zero-order chi connectivity index (χ0) is 21.4. The van der Waals surface area contributed by atoms with Crippen molar-refractivity contribution < 1.29 is 14.7 Å². The first-order valence-corrected chi connectivity index (χ1v) is 10.3. The molecule has 0 radical (unpaired) electrons. The first kappa shape index (κ1) is 19.9. The van der Waals surface area contributed by atoms with Crippen LogP contribution in [0.15, 0.2) is 53.7 Å². The van der Waals surface area contributed by atoms with Crippen LogP contribution in [0.3, 0.4) is 0 Å². The van der Waals surface area contributed by atoms with E-state index in [2.05, 4.69) is 21.6 Å². The minimum atomic E-state index is -1.04. The van der Waals surface area contributed by atoms with Crippen molar-refractivity contribution in [3.63, 3.8) is 0 Å². The topological polar surface area (TPSA) is 96.6 Å². The molecule has 7 nitrogen and oxygen atoms in total. The number of amides is 1. The van der Waals surface area contributed by atoms with Gasteiger partial charge in [-0.25, -0.2) is 4.79 Å². The normalized spacial score (nSPS) is 12.2. The number of benzene rings is 2. The highest BCUT2D eigenvalue weighted by molar-refractivity contribution is 8.00. The summed E-state index contributed by atoms with van der Waals surface area (Å²) in [5.41, 5.74) is 4.55. The van der Waals surface area contributed by atoms with Gasteiger partial charge < -0.3 is 10.4 Å². The number of hydrogen-bond donors (Lipinski definition) is 2. The molecule has 30 heavy (non-hydrogen) atoms. The Labute approximate surface area is 177 Å². The van der Waals surface area contributed by atoms with E-state index in [9.17, 15) is 9.59 Å². The molecule has 2 N–H and O–H groups in total. The van der Waals surface area contributed by atoms with E-state index >= 15 is 0 Å². The summed E-state index contributed by atoms with van der Waals surface area (Å²) >= 11 is 1.31. The van der Waals surface area contributed by atoms with Gasteiger partial charge in [-0.05, 0) is 56.2 Å². The van der Waals surface area contributed by atoms with Gasteiger partial charge in [0.05, 0.1) is 16.3 Å². The van der Waals surface area contributed by atoms with Gasteiger partial charge >= 0.3 is 5.97 Å². The molecule has 1 unspecified atom stereocenters. The van der Waals surface area contributed by atoms with Crippen LogP contribution in [0.2, 0.25) is 0 Å². The molecule has 0 saturated heterocycles. The predicted octanol–water partition coefficient (Wildman–Crippen LogP) is 4.32. The van der Waals surface area contributed by atoms with Crippen molar-refractivity contribution in [3.8, 4) is 0 Å². The van der Waals surface area contributed by atoms with Gasteiger partial charge in [0, 0.05) is 11.1 Å². The summed E-state index contributed by atoms with van der Waals surface area (Å²) < 4.78 is 1.98. The second-order valence-corrected chi connectivity index (χ2v) is 8.42. The molecule has 0 aliphatic carbocycles. The molecule has 2 aromatic carbocycles. The van der Waals surface area contributed by atoms with E-state index in [0.29, 0.717) is 10.8 Å². The predicted molar refractivity (Wildman–Crippen MR) is 117 cm³/mol. The molecular weight excluding hydrogens is 400 g/mol. The zero-order valence-corrected chi connectivity index (χ0v) is 17.5. The van der Waals surface area contributed by atoms with Crippen molar-refractivity contribution in [1.82, 2.24) is 14.6 Å². The number of aromatic carboxylic acids is 1. The molecule has 1 amide bonds. The highest BCUT2D eigenvalue weighted by Crippen LogP contribution is 2.30. The highest BCUT2D eigenvalue weighted by atomic mass is 32.2. The maximum Gasteiger partial charge on any atom is 0.335 e. The lowest BCUT2D eigenvalue weighted by Gasteiger charge is -2.13. The fraction of sp³-hybridized carbons (Fsp3) is 0.182. The number of anilines is 1. The molecule has 152 valence electrons. The molecule has 1 atom stereocenters. The Morgan fingerprint density at radius 2 is 1.83 bits per heavy atom. The first-order valence-electron chi connectivity index (χ1n) is 9.40. The maximum absolute atomic E-state index is 12.7. The maximum atomic E-state index is 12.7. The molecule has 0 aliphatic rings. The Balaban J connectivity index is 1.63. The lowest BCUT2D eigenvalue weighted by molar-refractivity contribution is -0.115. The quantitative estimate of drug-likeness (QED) is 0.467. The molecule has 0 aliphatic heterocycles. The SMILES string of the molecule is Cc1cc2nnc(SC(C)C(=O)Nc3cccc(C(=O)O)c3)n2c2c(C)cccc12. The molecule has 2 aromatic heterocycles. The van der Waals surface area contributed by atoms with Crippen molar-refractivity contribution in [3.05, 3.63) is 65.2 Å². The summed E-state index contributed by atoms with van der Waals surface area (Å²) in [6.45, 7) is 5.87. The number of rotatable bonds is 5. The van der Waals surface area contributed by atoms with Gasteiger partial charge in [-0.15, -0.1) is 10.2 Å². The van der Waals surface area contributed by atoms with Crippen molar-refractivity contribution in [2.24, 2.45) is 0 Å². The van der Waals surface area contributed by atoms with Crippen molar-refractivity contribution >= 4 is 45.9 Å². The van der Waals surface area contributed by atoms with Crippen molar-refractivity contribution in [2.75, 3.05) is 5.32 Å². The van der Waals surface area contributed by atoms with Crippen LogP contribution >= 0.6 is 11.8 Å². The first-order chi connectivity index (χ1) is 14.3. The number of fused-ring (bicyclic) bond motifs is 3. The van der Waals surface area contributed by atoms with Gasteiger partial charge in [0.15, 0.2) is 10.8 Å². The van der Waals surface area contributed by atoms with Gasteiger partial charge in [-0.3, -0.25) is 9.20 Å². The van der Waals surface area contributed by atoms with Crippen LogP contribution in [0.1, 0.15) is 28.4 Å². The van der Waals surface area contributed by atoms with E-state index in [0.717, 1.165) is 27.7 Å². The minimum absolute atomic E-state index is 0.119. The third-order valence-corrected chi connectivity index (χ3v) is 5.96. The summed E-state index contributed by atoms with van der Waals surface area (Å²) in [5, 5.41) is 21.8. The summed E-state index contributed by atoms with van der Waals surface area (Å²) in [6.07, 6.45) is 0. The van der Waals surface area contributed by atoms with E-state index in [1.165, 1.54) is 23.9 Å². The van der Waals surface area contributed by atoms with Gasteiger partial charge in [0.1, 0.15) is 0 Å². The summed E-state index contributed by atoms with van der Waals surface area (Å²) in [5.74, 6) is -1.28. The standard InChI is InChI=1S/C22H20N4O3S/c1-12-6-4-9-17-13(2)10-18-24-25-22(26(18)19(12)17)30-14(3)20(27)23-16-8-5-7-15(11-16)21(28)29/h4-11,14H,1-3H3,(H,23,27)(H,28,29). The van der Waals surface area contributed by atoms with E-state index in [1.54, 1.807) is 19.1 Å². The van der Waals surface area contributed by atoms with Crippen LogP contribution in [0.5, 0.6) is 0 Å². The molecule has 4 rings (SSSR count). The van der Waals surface area contributed by atoms with E-state index in [-0.39, 0.29) is 11.5 Å². The molecule has 2 heterocycles. The number of carbonyl (C=O) groups is 2. The highest BCUT2D eigenvalue weighted by Gasteiger charge is 2.20. The van der Waals surface area contributed by atoms with E-state index in [4.69, 9.17) is 5.11 Å². The Bertz CT molecular complexity index is 1300. The number of aryl methyl sites for hydroxylation is 2. The molecule has 0 fully saturated rings. The Morgan fingerprint density at radius 1 is 1.07 bits per heavy atom. The number of pyridine rings is 1. The number of nitrogens with one attached hydrogen (secondary N) is 1. The molecule has 8 heteroatoms. The lowest BCUT2D eigenvalue weighted by atomic mass is 10.1. The third kappa shape index (κ3) is 3.61. The minimum Gasteiger partial charge on any atom is -0.478 e. The van der Waals surface area contributed by atoms with Crippen LogP contribution in [0.25, 0.3) is 16.6 Å². The third-order valence-electron chi connectivity index (χ3n) is 4.92. The van der Waals surface area contributed by atoms with Crippen LogP contribution in [-0.2, 0) is 4.79 Å². The van der Waals surface area contributed by atoms with Gasteiger partial charge in [0.25, 0.3) is 0 Å². The summed E-state index contributed by atoms with van der Waals surface area (Å²) in [6, 6.07) is 14.3. The largest absolute Gasteiger partial charge is 0.478 e. The van der Waals surface area contributed by atoms with Crippen LogP contribution in [0.4, 0.5) is 5.69 Å². The van der Waals surface area contributed by atoms with Gasteiger partial charge in [0.2, 0.25) is 5.91 Å². The molecule has 0 spiro atoms. The number of aromatic nitrogens is 3. The second-order valence-electron chi connectivity index (χ2n) is 7.11. The van der Waals surface area contributed by atoms with Crippen LogP contribution in [0, 0.1) is 13.8 Å².